The molecule has 0 amide bonds. The molecule has 0 saturated heterocycles. The SMILES string of the molecule is Cc1nc2c(s1)[Si](C)(C)c1nc(C)sc1[Si]2(C)C. The summed E-state index contributed by atoms with van der Waals surface area (Å²) in [7, 11) is -3.18. The van der Waals surface area contributed by atoms with Gasteiger partial charge in [-0.25, -0.2) is 0 Å². The van der Waals surface area contributed by atoms with Crippen molar-refractivity contribution in [1.29, 1.82) is 0 Å². The fraction of sp³-hybridized carbons (Fsp3) is 0.500. The van der Waals surface area contributed by atoms with E-state index in [9.17, 15) is 0 Å². The summed E-state index contributed by atoms with van der Waals surface area (Å²) in [5, 5.41) is 5.37. The van der Waals surface area contributed by atoms with Crippen LogP contribution in [0, 0.1) is 13.8 Å². The molecule has 18 heavy (non-hydrogen) atoms. The fourth-order valence-electron chi connectivity index (χ4n) is 2.76. The molecule has 0 spiro atoms. The molecule has 0 N–H and O–H groups in total. The number of hydrogen-bond acceptors (Lipinski definition) is 4. The Morgan fingerprint density at radius 3 is 1.39 bits per heavy atom. The minimum atomic E-state index is -1.59. The van der Waals surface area contributed by atoms with E-state index in [4.69, 9.17) is 9.97 Å². The average molecular weight is 311 g/mol. The van der Waals surface area contributed by atoms with Gasteiger partial charge in [-0.15, -0.1) is 22.7 Å². The molecular weight excluding hydrogens is 292 g/mol. The maximum absolute atomic E-state index is 4.90. The van der Waals surface area contributed by atoms with Gasteiger partial charge in [-0.05, 0) is 13.8 Å². The highest BCUT2D eigenvalue weighted by Gasteiger charge is 2.49. The molecule has 2 nitrogen and oxygen atoms in total. The van der Waals surface area contributed by atoms with Crippen molar-refractivity contribution in [2.75, 3.05) is 0 Å². The molecule has 0 bridgehead atoms. The molecule has 0 aliphatic carbocycles. The Bertz CT molecular complexity index is 537. The molecule has 2 aromatic heterocycles. The molecule has 3 rings (SSSR count). The van der Waals surface area contributed by atoms with Crippen molar-refractivity contribution in [2.24, 2.45) is 0 Å². The van der Waals surface area contributed by atoms with Gasteiger partial charge < -0.3 is 0 Å². The van der Waals surface area contributed by atoms with Gasteiger partial charge in [0.1, 0.15) is 0 Å². The van der Waals surface area contributed by atoms with Crippen LogP contribution in [-0.4, -0.2) is 26.1 Å². The van der Waals surface area contributed by atoms with Gasteiger partial charge in [0.2, 0.25) is 0 Å². The number of nitrogens with zero attached hydrogens (tertiary/aromatic N) is 2. The second-order valence-electron chi connectivity index (χ2n) is 6.07. The number of thiazole rings is 2. The molecule has 0 fully saturated rings. The van der Waals surface area contributed by atoms with Gasteiger partial charge in [0.05, 0.1) is 10.0 Å². The largest absolute Gasteiger partial charge is 0.251 e. The first-order valence-electron chi connectivity index (χ1n) is 6.21. The topological polar surface area (TPSA) is 25.8 Å². The third-order valence-corrected chi connectivity index (χ3v) is 15.7. The van der Waals surface area contributed by atoms with Gasteiger partial charge >= 0.3 is 0 Å². The predicted octanol–water partition coefficient (Wildman–Crippen LogP) is 1.18. The summed E-state index contributed by atoms with van der Waals surface area (Å²) in [5.74, 6) is 0. The number of rotatable bonds is 0. The Morgan fingerprint density at radius 2 is 1.06 bits per heavy atom. The molecule has 3 heterocycles. The highest BCUT2D eigenvalue weighted by Crippen LogP contribution is 2.20. The van der Waals surface area contributed by atoms with E-state index in [0.717, 1.165) is 0 Å². The van der Waals surface area contributed by atoms with E-state index >= 15 is 0 Å². The van der Waals surface area contributed by atoms with Crippen LogP contribution >= 0.6 is 22.7 Å². The molecule has 2 aromatic rings. The van der Waals surface area contributed by atoms with Crippen LogP contribution in [0.1, 0.15) is 10.0 Å². The van der Waals surface area contributed by atoms with Crippen LogP contribution in [0.15, 0.2) is 0 Å². The van der Waals surface area contributed by atoms with Crippen LogP contribution in [0.5, 0.6) is 0 Å². The smallest absolute Gasteiger partial charge is 0.150 e. The van der Waals surface area contributed by atoms with Crippen molar-refractivity contribution in [3.63, 3.8) is 0 Å². The number of hydrogen-bond donors (Lipinski definition) is 0. The van der Waals surface area contributed by atoms with Gasteiger partial charge in [0.15, 0.2) is 16.1 Å². The van der Waals surface area contributed by atoms with Crippen molar-refractivity contribution >= 4 is 58.5 Å². The van der Waals surface area contributed by atoms with Crippen LogP contribution in [0.2, 0.25) is 26.2 Å². The first-order valence-corrected chi connectivity index (χ1v) is 13.8. The zero-order valence-corrected chi connectivity index (χ0v) is 15.3. The molecule has 96 valence electrons. The molecule has 6 heteroatoms. The Labute approximate surface area is 118 Å². The van der Waals surface area contributed by atoms with Crippen LogP contribution in [0.25, 0.3) is 0 Å². The molecule has 1 aliphatic rings. The second kappa shape index (κ2) is 3.62. The Hall–Kier alpha value is -0.306. The molecule has 1 aliphatic heterocycles. The Morgan fingerprint density at radius 1 is 0.722 bits per heavy atom. The third kappa shape index (κ3) is 1.49. The van der Waals surface area contributed by atoms with Gasteiger partial charge in [0.25, 0.3) is 0 Å². The van der Waals surface area contributed by atoms with E-state index in [0.29, 0.717) is 0 Å². The van der Waals surface area contributed by atoms with Crippen LogP contribution in [-0.2, 0) is 0 Å². The van der Waals surface area contributed by atoms with Crippen LogP contribution in [0.3, 0.4) is 0 Å². The van der Waals surface area contributed by atoms with Crippen LogP contribution < -0.4 is 19.6 Å². The normalized spacial score (nSPS) is 19.4. The molecular formula is C12H18N2S2Si2. The van der Waals surface area contributed by atoms with Crippen molar-refractivity contribution in [2.45, 2.75) is 40.0 Å². The number of aromatic nitrogens is 2. The lowest BCUT2D eigenvalue weighted by atomic mass is 10.8. The van der Waals surface area contributed by atoms with Gasteiger partial charge in [-0.2, -0.15) is 0 Å². The summed E-state index contributed by atoms with van der Waals surface area (Å²) in [4.78, 5) is 9.80. The van der Waals surface area contributed by atoms with Crippen LogP contribution in [0.4, 0.5) is 0 Å². The summed E-state index contributed by atoms with van der Waals surface area (Å²) in [5.41, 5.74) is 0. The summed E-state index contributed by atoms with van der Waals surface area (Å²) in [6.45, 7) is 14.0. The minimum Gasteiger partial charge on any atom is -0.251 e. The minimum absolute atomic E-state index is 1.23. The molecule has 0 aromatic carbocycles. The highest BCUT2D eigenvalue weighted by atomic mass is 32.1. The molecule has 0 radical (unpaired) electrons. The summed E-state index contributed by atoms with van der Waals surface area (Å²) in [6, 6.07) is 0. The predicted molar refractivity (Wildman–Crippen MR) is 87.2 cm³/mol. The monoisotopic (exact) mass is 310 g/mol. The lowest BCUT2D eigenvalue weighted by Gasteiger charge is -2.34. The van der Waals surface area contributed by atoms with Gasteiger partial charge in [0, 0.05) is 19.6 Å². The molecule has 0 unspecified atom stereocenters. The lowest BCUT2D eigenvalue weighted by molar-refractivity contribution is 1.31. The van der Waals surface area contributed by atoms with Gasteiger partial charge in [-0.1, -0.05) is 26.2 Å². The van der Waals surface area contributed by atoms with E-state index < -0.39 is 16.1 Å². The van der Waals surface area contributed by atoms with E-state index in [1.807, 2.05) is 22.7 Å². The summed E-state index contributed by atoms with van der Waals surface area (Å²) >= 11 is 3.84. The van der Waals surface area contributed by atoms with E-state index in [-0.39, 0.29) is 0 Å². The maximum atomic E-state index is 4.90. The second-order valence-corrected chi connectivity index (χ2v) is 17.6. The first kappa shape index (κ1) is 12.7. The van der Waals surface area contributed by atoms with E-state index in [1.165, 1.54) is 20.6 Å². The zero-order valence-electron chi connectivity index (χ0n) is 11.7. The number of aryl methyl sites for hydroxylation is 2. The maximum Gasteiger partial charge on any atom is 0.150 e. The summed E-state index contributed by atoms with van der Waals surface area (Å²) < 4.78 is 3.18. The van der Waals surface area contributed by atoms with Crippen molar-refractivity contribution in [3.8, 4) is 0 Å². The standard InChI is InChI=1S/C12H18N2S2Si2/c1-7-13-9-11(15-7)18(5,6)10-12(17(9,3)4)16-8(2)14-10/h1-6H3. The number of fused-ring (bicyclic) bond motifs is 2. The third-order valence-electron chi connectivity index (χ3n) is 3.79. The zero-order chi connectivity index (χ0) is 13.3. The highest BCUT2D eigenvalue weighted by molar-refractivity contribution is 7.39. The van der Waals surface area contributed by atoms with Crippen molar-refractivity contribution in [3.05, 3.63) is 10.0 Å². The van der Waals surface area contributed by atoms with Crippen molar-refractivity contribution < 1.29 is 0 Å². The Balaban J connectivity index is 2.39. The van der Waals surface area contributed by atoms with E-state index in [1.54, 1.807) is 9.00 Å². The fourth-order valence-corrected chi connectivity index (χ4v) is 16.9. The molecule has 0 atom stereocenters. The van der Waals surface area contributed by atoms with E-state index in [2.05, 4.69) is 40.0 Å². The Kier molecular flexibility index (Phi) is 2.56. The first-order chi connectivity index (χ1) is 8.24. The molecule has 0 saturated carbocycles. The van der Waals surface area contributed by atoms with Crippen molar-refractivity contribution in [1.82, 2.24) is 9.97 Å². The quantitative estimate of drug-likeness (QED) is 0.683. The average Bonchev–Trinajstić information content (AvgIpc) is 2.81. The lowest BCUT2D eigenvalue weighted by Crippen LogP contribution is -2.76. The van der Waals surface area contributed by atoms with Gasteiger partial charge in [-0.3, -0.25) is 9.97 Å². The summed E-state index contributed by atoms with van der Waals surface area (Å²) in [6.07, 6.45) is 0.